The fourth-order valence-electron chi connectivity index (χ4n) is 2.99. The van der Waals surface area contributed by atoms with Crippen molar-refractivity contribution < 1.29 is 19.1 Å². The predicted molar refractivity (Wildman–Crippen MR) is 105 cm³/mol. The van der Waals surface area contributed by atoms with Crippen LogP contribution < -0.4 is 26.7 Å². The van der Waals surface area contributed by atoms with Gasteiger partial charge in [0.2, 0.25) is 5.82 Å². The van der Waals surface area contributed by atoms with Crippen LogP contribution >= 0.6 is 11.3 Å². The number of nitrogens with two attached hydrogens (primary N) is 1. The first-order valence-corrected chi connectivity index (χ1v) is 9.32. The maximum atomic E-state index is 12.5. The third kappa shape index (κ3) is 3.43. The maximum Gasteiger partial charge on any atom is 0.287 e. The van der Waals surface area contributed by atoms with Crippen molar-refractivity contribution in [3.05, 3.63) is 50.4 Å². The van der Waals surface area contributed by atoms with Crippen LogP contribution in [0.3, 0.4) is 0 Å². The number of benzene rings is 1. The lowest BCUT2D eigenvalue weighted by molar-refractivity contribution is -0.118. The lowest BCUT2D eigenvalue weighted by atomic mass is 10.1. The van der Waals surface area contributed by atoms with E-state index in [4.69, 9.17) is 10.5 Å². The molecule has 1 aliphatic heterocycles. The smallest absolute Gasteiger partial charge is 0.287 e. The van der Waals surface area contributed by atoms with Crippen molar-refractivity contribution in [2.24, 2.45) is 5.73 Å². The van der Waals surface area contributed by atoms with Gasteiger partial charge < -0.3 is 26.1 Å². The summed E-state index contributed by atoms with van der Waals surface area (Å²) in [6.45, 7) is 1.71. The average molecular weight is 413 g/mol. The Morgan fingerprint density at radius 1 is 1.34 bits per heavy atom. The number of thiophene rings is 1. The molecule has 148 valence electrons. The van der Waals surface area contributed by atoms with E-state index < -0.39 is 17.4 Å². The summed E-state index contributed by atoms with van der Waals surface area (Å²) in [5, 5.41) is 5.59. The molecule has 0 bridgehead atoms. The molecule has 0 aliphatic carbocycles. The molecule has 0 unspecified atom stereocenters. The highest BCUT2D eigenvalue weighted by atomic mass is 32.1. The SMILES string of the molecule is Cc1c(C(N)=O)sc2nc(C(=O)NCc3ccc4c(c3)NC(=O)CO4)[nH]c(=O)c12. The van der Waals surface area contributed by atoms with Gasteiger partial charge in [-0.1, -0.05) is 6.07 Å². The number of ether oxygens (including phenoxy) is 1. The number of primary amides is 1. The van der Waals surface area contributed by atoms with E-state index in [1.54, 1.807) is 25.1 Å². The molecule has 0 saturated carbocycles. The van der Waals surface area contributed by atoms with Crippen molar-refractivity contribution in [3.8, 4) is 5.75 Å². The predicted octanol–water partition coefficient (Wildman–Crippen LogP) is 0.653. The van der Waals surface area contributed by atoms with Crippen molar-refractivity contribution in [2.45, 2.75) is 13.5 Å². The highest BCUT2D eigenvalue weighted by molar-refractivity contribution is 7.20. The van der Waals surface area contributed by atoms with Gasteiger partial charge in [0.05, 0.1) is 16.0 Å². The monoisotopic (exact) mass is 413 g/mol. The molecule has 3 aromatic rings. The van der Waals surface area contributed by atoms with Crippen LogP contribution in [0.25, 0.3) is 10.2 Å². The number of nitrogens with one attached hydrogen (secondary N) is 3. The molecule has 0 fully saturated rings. The second kappa shape index (κ2) is 7.02. The van der Waals surface area contributed by atoms with Crippen molar-refractivity contribution in [1.29, 1.82) is 0 Å². The second-order valence-electron chi connectivity index (χ2n) is 6.37. The maximum absolute atomic E-state index is 12.5. The Labute approximate surface area is 167 Å². The third-order valence-corrected chi connectivity index (χ3v) is 5.57. The molecule has 0 saturated heterocycles. The van der Waals surface area contributed by atoms with E-state index in [-0.39, 0.29) is 40.0 Å². The van der Waals surface area contributed by atoms with E-state index in [1.807, 2.05) is 0 Å². The number of fused-ring (bicyclic) bond motifs is 2. The molecule has 1 aromatic carbocycles. The van der Waals surface area contributed by atoms with Crippen LogP contribution in [0.15, 0.2) is 23.0 Å². The van der Waals surface area contributed by atoms with E-state index >= 15 is 0 Å². The van der Waals surface area contributed by atoms with E-state index in [0.717, 1.165) is 11.3 Å². The van der Waals surface area contributed by atoms with Gasteiger partial charge in [-0.2, -0.15) is 0 Å². The minimum absolute atomic E-state index is 0.0374. The number of nitrogens with zero attached hydrogens (tertiary/aromatic N) is 1. The van der Waals surface area contributed by atoms with E-state index in [9.17, 15) is 19.2 Å². The minimum Gasteiger partial charge on any atom is -0.482 e. The Bertz CT molecular complexity index is 1250. The van der Waals surface area contributed by atoms with Crippen molar-refractivity contribution in [1.82, 2.24) is 15.3 Å². The summed E-state index contributed by atoms with van der Waals surface area (Å²) >= 11 is 0.968. The summed E-state index contributed by atoms with van der Waals surface area (Å²) in [7, 11) is 0. The highest BCUT2D eigenvalue weighted by Crippen LogP contribution is 2.28. The molecular weight excluding hydrogens is 398 g/mol. The summed E-state index contributed by atoms with van der Waals surface area (Å²) in [4.78, 5) is 54.8. The number of anilines is 1. The van der Waals surface area contributed by atoms with E-state index in [0.29, 0.717) is 22.6 Å². The Kier molecular flexibility index (Phi) is 4.51. The number of aromatic amines is 1. The first-order chi connectivity index (χ1) is 13.8. The van der Waals surface area contributed by atoms with E-state index in [2.05, 4.69) is 20.6 Å². The summed E-state index contributed by atoms with van der Waals surface area (Å²) in [5.74, 6) is -1.12. The van der Waals surface area contributed by atoms with E-state index in [1.165, 1.54) is 0 Å². The molecule has 10 nitrogen and oxygen atoms in total. The summed E-state index contributed by atoms with van der Waals surface area (Å²) in [6, 6.07) is 5.13. The molecule has 3 heterocycles. The summed E-state index contributed by atoms with van der Waals surface area (Å²) < 4.78 is 5.29. The Morgan fingerprint density at radius 3 is 2.90 bits per heavy atom. The van der Waals surface area contributed by atoms with Gasteiger partial charge in [0.25, 0.3) is 23.3 Å². The quantitative estimate of drug-likeness (QED) is 0.492. The minimum atomic E-state index is -0.653. The molecule has 29 heavy (non-hydrogen) atoms. The van der Waals surface area contributed by atoms with Gasteiger partial charge >= 0.3 is 0 Å². The van der Waals surface area contributed by atoms with Gasteiger partial charge in [-0.05, 0) is 30.2 Å². The zero-order chi connectivity index (χ0) is 20.7. The molecule has 11 heteroatoms. The molecule has 1 aliphatic rings. The fraction of sp³-hybridized carbons (Fsp3) is 0.167. The van der Waals surface area contributed by atoms with Crippen molar-refractivity contribution >= 4 is 45.0 Å². The molecule has 0 atom stereocenters. The Balaban J connectivity index is 1.55. The first-order valence-electron chi connectivity index (χ1n) is 8.50. The van der Waals surface area contributed by atoms with Crippen LogP contribution in [-0.2, 0) is 11.3 Å². The number of hydrogen-bond donors (Lipinski definition) is 4. The highest BCUT2D eigenvalue weighted by Gasteiger charge is 2.20. The number of rotatable bonds is 4. The van der Waals surface area contributed by atoms with Crippen LogP contribution in [-0.4, -0.2) is 34.3 Å². The summed E-state index contributed by atoms with van der Waals surface area (Å²) in [6.07, 6.45) is 0. The number of hydrogen-bond acceptors (Lipinski definition) is 7. The van der Waals surface area contributed by atoms with Crippen LogP contribution in [0.2, 0.25) is 0 Å². The van der Waals surface area contributed by atoms with Crippen LogP contribution in [0.5, 0.6) is 5.75 Å². The van der Waals surface area contributed by atoms with Gasteiger partial charge in [-0.15, -0.1) is 11.3 Å². The molecule has 3 amide bonds. The lowest BCUT2D eigenvalue weighted by Crippen LogP contribution is -2.28. The molecule has 5 N–H and O–H groups in total. The fourth-order valence-corrected chi connectivity index (χ4v) is 4.03. The lowest BCUT2D eigenvalue weighted by Gasteiger charge is -2.18. The first kappa shape index (κ1) is 18.6. The third-order valence-electron chi connectivity index (χ3n) is 4.37. The molecule has 0 spiro atoms. The molecular formula is C18H15N5O5S. The largest absolute Gasteiger partial charge is 0.482 e. The number of amides is 3. The zero-order valence-corrected chi connectivity index (χ0v) is 15.9. The normalized spacial score (nSPS) is 12.8. The van der Waals surface area contributed by atoms with Gasteiger partial charge in [0.15, 0.2) is 6.61 Å². The standard InChI is InChI=1S/C18H15N5O5S/c1-7-12-16(26)22-15(23-18(12)29-13(7)14(19)25)17(27)20-5-8-2-3-10-9(4-8)21-11(24)6-28-10/h2-4H,5-6H2,1H3,(H2,19,25)(H,20,27)(H,21,24)(H,22,23,26). The van der Waals surface area contributed by atoms with Crippen LogP contribution in [0.4, 0.5) is 5.69 Å². The number of carbonyl (C=O) groups excluding carboxylic acids is 3. The molecule has 0 radical (unpaired) electrons. The zero-order valence-electron chi connectivity index (χ0n) is 15.1. The molecule has 4 rings (SSSR count). The Hall–Kier alpha value is -3.73. The summed E-state index contributed by atoms with van der Waals surface area (Å²) in [5.41, 5.74) is 6.47. The second-order valence-corrected chi connectivity index (χ2v) is 7.36. The van der Waals surface area contributed by atoms with Gasteiger partial charge in [-0.3, -0.25) is 19.2 Å². The Morgan fingerprint density at radius 2 is 2.14 bits per heavy atom. The van der Waals surface area contributed by atoms with Crippen LogP contribution in [0.1, 0.15) is 31.4 Å². The average Bonchev–Trinajstić information content (AvgIpc) is 3.03. The molecule has 2 aromatic heterocycles. The number of H-pyrrole nitrogens is 1. The van der Waals surface area contributed by atoms with Gasteiger partial charge in [0.1, 0.15) is 10.6 Å². The van der Waals surface area contributed by atoms with Crippen molar-refractivity contribution in [3.63, 3.8) is 0 Å². The topological polar surface area (TPSA) is 156 Å². The van der Waals surface area contributed by atoms with Crippen LogP contribution in [0, 0.1) is 6.92 Å². The number of aromatic nitrogens is 2. The van der Waals surface area contributed by atoms with Crippen molar-refractivity contribution in [2.75, 3.05) is 11.9 Å². The number of aryl methyl sites for hydroxylation is 1. The van der Waals surface area contributed by atoms with Gasteiger partial charge in [-0.25, -0.2) is 4.98 Å². The van der Waals surface area contributed by atoms with Gasteiger partial charge in [0, 0.05) is 6.54 Å². The number of carbonyl (C=O) groups is 3.